The van der Waals surface area contributed by atoms with Crippen LogP contribution in [0.3, 0.4) is 0 Å². The summed E-state index contributed by atoms with van der Waals surface area (Å²) in [6, 6.07) is 8.65. The van der Waals surface area contributed by atoms with Crippen LogP contribution in [0, 0.1) is 5.92 Å². The largest absolute Gasteiger partial charge is 0.454 e. The average Bonchev–Trinajstić information content (AvgIpc) is 2.73. The summed E-state index contributed by atoms with van der Waals surface area (Å²) in [6.07, 6.45) is 5.31. The fourth-order valence-electron chi connectivity index (χ4n) is 2.69. The quantitative estimate of drug-likeness (QED) is 0.663. The molecule has 0 atom stereocenters. The number of hydrogen-bond donors (Lipinski definition) is 1. The molecule has 0 bridgehead atoms. The Morgan fingerprint density at radius 2 is 1.81 bits per heavy atom. The molecule has 0 saturated heterocycles. The zero-order chi connectivity index (χ0) is 15.0. The van der Waals surface area contributed by atoms with Gasteiger partial charge in [0, 0.05) is 17.3 Å². The van der Waals surface area contributed by atoms with Crippen LogP contribution in [0.15, 0.2) is 24.3 Å². The minimum atomic E-state index is 0.473. The van der Waals surface area contributed by atoms with Crippen molar-refractivity contribution in [1.29, 1.82) is 0 Å². The number of rotatable bonds is 3. The third-order valence-corrected chi connectivity index (χ3v) is 3.82. The average molecular weight is 281 g/mol. The van der Waals surface area contributed by atoms with Crippen LogP contribution in [0.4, 0.5) is 0 Å². The Hall–Kier alpha value is -1.96. The smallest absolute Gasteiger partial charge is 0.152 e. The Morgan fingerprint density at radius 1 is 1.00 bits per heavy atom. The maximum absolute atomic E-state index is 6.16. The van der Waals surface area contributed by atoms with Crippen LogP contribution in [0.1, 0.15) is 56.1 Å². The fourth-order valence-corrected chi connectivity index (χ4v) is 2.69. The van der Waals surface area contributed by atoms with Crippen molar-refractivity contribution >= 4 is 12.2 Å². The highest BCUT2D eigenvalue weighted by atomic mass is 16.5. The number of hydrogen-bond acceptors (Lipinski definition) is 1. The monoisotopic (exact) mass is 281 g/mol. The van der Waals surface area contributed by atoms with Crippen molar-refractivity contribution in [1.82, 2.24) is 4.98 Å². The predicted octanol–water partition coefficient (Wildman–Crippen LogP) is 5.61. The molecule has 2 heterocycles. The number of ether oxygens (including phenoxy) is 1. The van der Waals surface area contributed by atoms with Gasteiger partial charge in [-0.05, 0) is 42.0 Å². The highest BCUT2D eigenvalue weighted by Crippen LogP contribution is 2.36. The lowest BCUT2D eigenvalue weighted by molar-refractivity contribution is 0.480. The second-order valence-electron chi connectivity index (χ2n) is 6.56. The lowest BCUT2D eigenvalue weighted by Crippen LogP contribution is -1.95. The third-order valence-electron chi connectivity index (χ3n) is 3.82. The van der Waals surface area contributed by atoms with Gasteiger partial charge >= 0.3 is 0 Å². The van der Waals surface area contributed by atoms with Crippen LogP contribution in [0.25, 0.3) is 12.2 Å². The molecule has 1 aromatic heterocycles. The predicted molar refractivity (Wildman–Crippen MR) is 88.9 cm³/mol. The number of aromatic nitrogens is 1. The van der Waals surface area contributed by atoms with Gasteiger partial charge in [-0.15, -0.1) is 0 Å². The van der Waals surface area contributed by atoms with Crippen molar-refractivity contribution < 1.29 is 4.74 Å². The van der Waals surface area contributed by atoms with Gasteiger partial charge in [-0.1, -0.05) is 39.8 Å². The first kappa shape index (κ1) is 14.0. The topological polar surface area (TPSA) is 25.0 Å². The molecule has 0 fully saturated rings. The lowest BCUT2D eigenvalue weighted by atomic mass is 10.0. The first-order valence-corrected chi connectivity index (χ1v) is 7.74. The maximum atomic E-state index is 6.16. The fraction of sp³-hybridized carbons (Fsp3) is 0.368. The van der Waals surface area contributed by atoms with Gasteiger partial charge < -0.3 is 9.72 Å². The van der Waals surface area contributed by atoms with Gasteiger partial charge in [0.05, 0.1) is 5.69 Å². The molecule has 2 heteroatoms. The molecule has 0 aliphatic carbocycles. The second-order valence-corrected chi connectivity index (χ2v) is 6.56. The van der Waals surface area contributed by atoms with Crippen LogP contribution < -0.4 is 4.74 Å². The van der Waals surface area contributed by atoms with Crippen LogP contribution >= 0.6 is 0 Å². The second kappa shape index (κ2) is 5.44. The van der Waals surface area contributed by atoms with Gasteiger partial charge in [-0.2, -0.15) is 0 Å². The Morgan fingerprint density at radius 3 is 2.52 bits per heavy atom. The van der Waals surface area contributed by atoms with Crippen LogP contribution in [0.5, 0.6) is 11.5 Å². The molecule has 1 aliphatic rings. The van der Waals surface area contributed by atoms with Crippen LogP contribution in [0.2, 0.25) is 0 Å². The molecule has 110 valence electrons. The number of fused-ring (bicyclic) bond motifs is 2. The summed E-state index contributed by atoms with van der Waals surface area (Å²) in [6.45, 7) is 8.85. The van der Waals surface area contributed by atoms with Gasteiger partial charge in [-0.3, -0.25) is 0 Å². The van der Waals surface area contributed by atoms with Gasteiger partial charge in [-0.25, -0.2) is 0 Å². The SMILES string of the molecule is CC(C)Cc1ccc2c(c1)Oc1cc(C(C)C)[nH]c1C=C2. The highest BCUT2D eigenvalue weighted by Gasteiger charge is 2.15. The molecular weight excluding hydrogens is 258 g/mol. The van der Waals surface area contributed by atoms with Crippen molar-refractivity contribution in [2.24, 2.45) is 5.92 Å². The molecule has 2 aromatic rings. The van der Waals surface area contributed by atoms with Crippen LogP contribution in [-0.2, 0) is 6.42 Å². The zero-order valence-corrected chi connectivity index (χ0v) is 13.2. The summed E-state index contributed by atoms with van der Waals surface area (Å²) in [7, 11) is 0. The van der Waals surface area contributed by atoms with E-state index in [2.05, 4.69) is 69.1 Å². The Labute approximate surface area is 126 Å². The number of H-pyrrole nitrogens is 1. The van der Waals surface area contributed by atoms with E-state index in [1.807, 2.05) is 0 Å². The van der Waals surface area contributed by atoms with Crippen molar-refractivity contribution in [2.75, 3.05) is 0 Å². The van der Waals surface area contributed by atoms with E-state index < -0.39 is 0 Å². The number of aromatic amines is 1. The van der Waals surface area contributed by atoms with Crippen molar-refractivity contribution in [2.45, 2.75) is 40.0 Å². The molecule has 0 radical (unpaired) electrons. The molecule has 1 aliphatic heterocycles. The number of benzene rings is 1. The van der Waals surface area contributed by atoms with Crippen LogP contribution in [-0.4, -0.2) is 4.98 Å². The Kier molecular flexibility index (Phi) is 3.62. The summed E-state index contributed by atoms with van der Waals surface area (Å²) < 4.78 is 6.16. The van der Waals surface area contributed by atoms with Crippen molar-refractivity contribution in [3.05, 3.63) is 46.8 Å². The third kappa shape index (κ3) is 2.90. The van der Waals surface area contributed by atoms with E-state index in [0.717, 1.165) is 29.2 Å². The van der Waals surface area contributed by atoms with Gasteiger partial charge in [0.15, 0.2) is 5.75 Å². The normalized spacial score (nSPS) is 13.0. The zero-order valence-electron chi connectivity index (χ0n) is 13.2. The van der Waals surface area contributed by atoms with E-state index in [1.165, 1.54) is 11.3 Å². The summed E-state index contributed by atoms with van der Waals surface area (Å²) in [5.41, 5.74) is 4.74. The molecule has 3 rings (SSSR count). The van der Waals surface area contributed by atoms with Gasteiger partial charge in [0.25, 0.3) is 0 Å². The van der Waals surface area contributed by atoms with Gasteiger partial charge in [0.1, 0.15) is 5.75 Å². The summed E-state index contributed by atoms with van der Waals surface area (Å²) in [5.74, 6) is 3.01. The molecule has 21 heavy (non-hydrogen) atoms. The Balaban J connectivity index is 1.96. The standard InChI is InChI=1S/C19H23NO/c1-12(2)9-14-5-6-15-7-8-16-19(21-18(15)10-14)11-17(20-16)13(3)4/h5-8,10-13,20H,9H2,1-4H3. The van der Waals surface area contributed by atoms with Crippen molar-refractivity contribution in [3.8, 4) is 11.5 Å². The molecule has 0 amide bonds. The van der Waals surface area contributed by atoms with Crippen molar-refractivity contribution in [3.63, 3.8) is 0 Å². The van der Waals surface area contributed by atoms with E-state index in [1.54, 1.807) is 0 Å². The maximum Gasteiger partial charge on any atom is 0.152 e. The molecule has 1 aromatic carbocycles. The van der Waals surface area contributed by atoms with E-state index in [-0.39, 0.29) is 0 Å². The summed E-state index contributed by atoms with van der Waals surface area (Å²) >= 11 is 0. The van der Waals surface area contributed by atoms with E-state index in [9.17, 15) is 0 Å². The lowest BCUT2D eigenvalue weighted by Gasteiger charge is -2.10. The number of nitrogens with one attached hydrogen (secondary N) is 1. The molecule has 2 nitrogen and oxygen atoms in total. The molecule has 0 unspecified atom stereocenters. The van der Waals surface area contributed by atoms with E-state index in [0.29, 0.717) is 11.8 Å². The first-order chi connectivity index (χ1) is 10.0. The van der Waals surface area contributed by atoms with Gasteiger partial charge in [0.2, 0.25) is 0 Å². The molecule has 0 spiro atoms. The summed E-state index contributed by atoms with van der Waals surface area (Å²) in [4.78, 5) is 3.44. The molecular formula is C19H23NO. The molecule has 0 saturated carbocycles. The minimum Gasteiger partial charge on any atom is -0.454 e. The first-order valence-electron chi connectivity index (χ1n) is 7.74. The highest BCUT2D eigenvalue weighted by molar-refractivity contribution is 5.76. The molecule has 1 N–H and O–H groups in total. The summed E-state index contributed by atoms with van der Waals surface area (Å²) in [5, 5.41) is 0. The minimum absolute atomic E-state index is 0.473. The van der Waals surface area contributed by atoms with E-state index >= 15 is 0 Å². The van der Waals surface area contributed by atoms with E-state index in [4.69, 9.17) is 4.74 Å². The Bertz CT molecular complexity index is 677.